The van der Waals surface area contributed by atoms with Crippen molar-refractivity contribution in [3.63, 3.8) is 0 Å². The Labute approximate surface area is 126 Å². The highest BCUT2D eigenvalue weighted by molar-refractivity contribution is 6.31. The lowest BCUT2D eigenvalue weighted by molar-refractivity contribution is 0.584. The molecule has 2 nitrogen and oxygen atoms in total. The first-order chi connectivity index (χ1) is 9.63. The van der Waals surface area contributed by atoms with Gasteiger partial charge in [-0.15, -0.1) is 0 Å². The molecule has 0 aliphatic heterocycles. The standard InChI is InChI=1S/C17H21ClN2/c1-4-13-6-7-14(20-11-13)10-17(19-3)15-8-5-12(2)9-16(15)18/h5-9,11,17,19H,4,10H2,1-3H3. The second-order valence-electron chi connectivity index (χ2n) is 5.08. The minimum absolute atomic E-state index is 0.183. The van der Waals surface area contributed by atoms with Crippen molar-refractivity contribution < 1.29 is 0 Å². The van der Waals surface area contributed by atoms with Gasteiger partial charge >= 0.3 is 0 Å². The van der Waals surface area contributed by atoms with E-state index >= 15 is 0 Å². The highest BCUT2D eigenvalue weighted by Crippen LogP contribution is 2.26. The number of rotatable bonds is 5. The zero-order valence-electron chi connectivity index (χ0n) is 12.3. The van der Waals surface area contributed by atoms with Crippen LogP contribution >= 0.6 is 11.6 Å². The molecule has 1 atom stereocenters. The van der Waals surface area contributed by atoms with Crippen LogP contribution in [0.25, 0.3) is 0 Å². The first kappa shape index (κ1) is 15.0. The van der Waals surface area contributed by atoms with Gasteiger partial charge in [0.15, 0.2) is 0 Å². The molecular formula is C17H21ClN2. The molecule has 3 heteroatoms. The van der Waals surface area contributed by atoms with E-state index in [4.69, 9.17) is 11.6 Å². The van der Waals surface area contributed by atoms with Crippen LogP contribution in [0.4, 0.5) is 0 Å². The maximum atomic E-state index is 6.36. The Morgan fingerprint density at radius 3 is 2.60 bits per heavy atom. The second-order valence-corrected chi connectivity index (χ2v) is 5.49. The summed E-state index contributed by atoms with van der Waals surface area (Å²) in [6.07, 6.45) is 3.81. The summed E-state index contributed by atoms with van der Waals surface area (Å²) in [4.78, 5) is 4.53. The lowest BCUT2D eigenvalue weighted by Gasteiger charge is -2.18. The maximum absolute atomic E-state index is 6.36. The van der Waals surface area contributed by atoms with E-state index < -0.39 is 0 Å². The Bertz CT molecular complexity index is 564. The van der Waals surface area contributed by atoms with Gasteiger partial charge in [0, 0.05) is 29.4 Å². The number of pyridine rings is 1. The molecule has 106 valence electrons. The maximum Gasteiger partial charge on any atom is 0.0456 e. The fourth-order valence-electron chi connectivity index (χ4n) is 2.28. The van der Waals surface area contributed by atoms with Gasteiger partial charge < -0.3 is 5.32 Å². The predicted octanol–water partition coefficient (Wildman–Crippen LogP) is 4.11. The van der Waals surface area contributed by atoms with Crippen molar-refractivity contribution in [2.75, 3.05) is 7.05 Å². The zero-order valence-corrected chi connectivity index (χ0v) is 13.0. The molecule has 20 heavy (non-hydrogen) atoms. The second kappa shape index (κ2) is 6.87. The molecule has 0 radical (unpaired) electrons. The summed E-state index contributed by atoms with van der Waals surface area (Å²) >= 11 is 6.36. The third-order valence-electron chi connectivity index (χ3n) is 3.59. The number of benzene rings is 1. The van der Waals surface area contributed by atoms with Crippen molar-refractivity contribution in [2.24, 2.45) is 0 Å². The van der Waals surface area contributed by atoms with Crippen LogP contribution in [0, 0.1) is 6.92 Å². The number of likely N-dealkylation sites (N-methyl/N-ethyl adjacent to an activating group) is 1. The molecule has 1 unspecified atom stereocenters. The van der Waals surface area contributed by atoms with Gasteiger partial charge in [-0.25, -0.2) is 0 Å². The normalized spacial score (nSPS) is 12.4. The Morgan fingerprint density at radius 1 is 1.25 bits per heavy atom. The average Bonchev–Trinajstić information content (AvgIpc) is 2.46. The SMILES string of the molecule is CCc1ccc(CC(NC)c2ccc(C)cc2Cl)nc1. The number of nitrogens with one attached hydrogen (secondary N) is 1. The third-order valence-corrected chi connectivity index (χ3v) is 3.91. The lowest BCUT2D eigenvalue weighted by atomic mass is 10.00. The van der Waals surface area contributed by atoms with Crippen LogP contribution in [0.2, 0.25) is 5.02 Å². The predicted molar refractivity (Wildman–Crippen MR) is 85.3 cm³/mol. The molecule has 1 N–H and O–H groups in total. The fourth-order valence-corrected chi connectivity index (χ4v) is 2.64. The van der Waals surface area contributed by atoms with Gasteiger partial charge in [-0.2, -0.15) is 0 Å². The number of hydrogen-bond acceptors (Lipinski definition) is 2. The van der Waals surface area contributed by atoms with E-state index in [2.05, 4.69) is 48.4 Å². The van der Waals surface area contributed by atoms with Gasteiger partial charge in [-0.1, -0.05) is 36.7 Å². The summed E-state index contributed by atoms with van der Waals surface area (Å²) in [5, 5.41) is 4.15. The highest BCUT2D eigenvalue weighted by atomic mass is 35.5. The summed E-state index contributed by atoms with van der Waals surface area (Å²) < 4.78 is 0. The van der Waals surface area contributed by atoms with Crippen molar-refractivity contribution in [1.82, 2.24) is 10.3 Å². The van der Waals surface area contributed by atoms with E-state index in [1.807, 2.05) is 19.3 Å². The molecule has 0 spiro atoms. The number of aryl methyl sites for hydroxylation is 2. The van der Waals surface area contributed by atoms with Crippen LogP contribution in [0.15, 0.2) is 36.5 Å². The summed E-state index contributed by atoms with van der Waals surface area (Å²) in [6.45, 7) is 4.19. The molecule has 0 aliphatic carbocycles. The van der Waals surface area contributed by atoms with Gasteiger partial charge in [-0.05, 0) is 49.2 Å². The van der Waals surface area contributed by atoms with E-state index in [-0.39, 0.29) is 6.04 Å². The zero-order chi connectivity index (χ0) is 14.5. The number of hydrogen-bond donors (Lipinski definition) is 1. The number of halogens is 1. The van der Waals surface area contributed by atoms with Gasteiger partial charge in [0.05, 0.1) is 0 Å². The van der Waals surface area contributed by atoms with Gasteiger partial charge in [0.25, 0.3) is 0 Å². The van der Waals surface area contributed by atoms with Gasteiger partial charge in [0.1, 0.15) is 0 Å². The molecule has 0 bridgehead atoms. The molecule has 1 aromatic heterocycles. The number of nitrogens with zero attached hydrogens (tertiary/aromatic N) is 1. The summed E-state index contributed by atoms with van der Waals surface area (Å²) in [5.41, 5.74) is 4.65. The molecule has 0 amide bonds. The quantitative estimate of drug-likeness (QED) is 0.896. The minimum Gasteiger partial charge on any atom is -0.313 e. The molecule has 2 aromatic rings. The highest BCUT2D eigenvalue weighted by Gasteiger charge is 2.14. The van der Waals surface area contributed by atoms with E-state index in [0.717, 1.165) is 29.1 Å². The minimum atomic E-state index is 0.183. The Kier molecular flexibility index (Phi) is 5.16. The average molecular weight is 289 g/mol. The van der Waals surface area contributed by atoms with Crippen molar-refractivity contribution in [1.29, 1.82) is 0 Å². The molecule has 1 heterocycles. The molecule has 0 aliphatic rings. The molecule has 0 saturated heterocycles. The van der Waals surface area contributed by atoms with Crippen molar-refractivity contribution in [2.45, 2.75) is 32.7 Å². The van der Waals surface area contributed by atoms with Gasteiger partial charge in [0.2, 0.25) is 0 Å². The monoisotopic (exact) mass is 288 g/mol. The van der Waals surface area contributed by atoms with Gasteiger partial charge in [-0.3, -0.25) is 4.98 Å². The Morgan fingerprint density at radius 2 is 2.05 bits per heavy atom. The molecule has 0 saturated carbocycles. The summed E-state index contributed by atoms with van der Waals surface area (Å²) in [7, 11) is 1.96. The molecular weight excluding hydrogens is 268 g/mol. The van der Waals surface area contributed by atoms with Crippen molar-refractivity contribution in [3.8, 4) is 0 Å². The number of aromatic nitrogens is 1. The first-order valence-corrected chi connectivity index (χ1v) is 7.39. The largest absolute Gasteiger partial charge is 0.313 e. The van der Waals surface area contributed by atoms with Crippen molar-refractivity contribution >= 4 is 11.6 Å². The summed E-state index contributed by atoms with van der Waals surface area (Å²) in [5.74, 6) is 0. The molecule has 0 fully saturated rings. The first-order valence-electron chi connectivity index (χ1n) is 7.01. The fraction of sp³-hybridized carbons (Fsp3) is 0.353. The molecule has 2 rings (SSSR count). The van der Waals surface area contributed by atoms with E-state index in [1.165, 1.54) is 11.1 Å². The van der Waals surface area contributed by atoms with Crippen LogP contribution in [-0.4, -0.2) is 12.0 Å². The van der Waals surface area contributed by atoms with Crippen LogP contribution in [0.5, 0.6) is 0 Å². The van der Waals surface area contributed by atoms with Crippen LogP contribution < -0.4 is 5.32 Å². The van der Waals surface area contributed by atoms with E-state index in [9.17, 15) is 0 Å². The Balaban J connectivity index is 2.19. The topological polar surface area (TPSA) is 24.9 Å². The van der Waals surface area contributed by atoms with E-state index in [1.54, 1.807) is 0 Å². The van der Waals surface area contributed by atoms with Crippen molar-refractivity contribution in [3.05, 3.63) is 63.9 Å². The molecule has 1 aromatic carbocycles. The van der Waals surface area contributed by atoms with Crippen LogP contribution in [0.3, 0.4) is 0 Å². The van der Waals surface area contributed by atoms with Crippen LogP contribution in [-0.2, 0) is 12.8 Å². The Hall–Kier alpha value is -1.38. The van der Waals surface area contributed by atoms with E-state index in [0.29, 0.717) is 0 Å². The summed E-state index contributed by atoms with van der Waals surface area (Å²) in [6, 6.07) is 10.6. The smallest absolute Gasteiger partial charge is 0.0456 e. The third kappa shape index (κ3) is 3.59. The van der Waals surface area contributed by atoms with Crippen LogP contribution in [0.1, 0.15) is 35.3 Å². The lowest BCUT2D eigenvalue weighted by Crippen LogP contribution is -2.19.